The van der Waals surface area contributed by atoms with Gasteiger partial charge in [-0.15, -0.1) is 0 Å². The smallest absolute Gasteiger partial charge is 0.230 e. The lowest BCUT2D eigenvalue weighted by Crippen LogP contribution is -2.30. The van der Waals surface area contributed by atoms with Crippen molar-refractivity contribution in [2.45, 2.75) is 45.4 Å². The van der Waals surface area contributed by atoms with Gasteiger partial charge in [0.15, 0.2) is 0 Å². The van der Waals surface area contributed by atoms with Crippen molar-refractivity contribution in [1.29, 1.82) is 0 Å². The Hall–Kier alpha value is -1.55. The summed E-state index contributed by atoms with van der Waals surface area (Å²) < 4.78 is 5.79. The molecule has 1 heterocycles. The number of amides is 1. The summed E-state index contributed by atoms with van der Waals surface area (Å²) >= 11 is 0. The van der Waals surface area contributed by atoms with Crippen LogP contribution in [0.5, 0.6) is 5.75 Å². The normalized spacial score (nSPS) is 20.6. The average Bonchev–Trinajstić information content (AvgIpc) is 3.21. The molecule has 0 radical (unpaired) electrons. The molecule has 0 aromatic heterocycles. The molecule has 1 aromatic carbocycles. The summed E-state index contributed by atoms with van der Waals surface area (Å²) in [7, 11) is 0. The van der Waals surface area contributed by atoms with Crippen molar-refractivity contribution in [3.8, 4) is 5.75 Å². The quantitative estimate of drug-likeness (QED) is 0.870. The highest BCUT2D eigenvalue weighted by atomic mass is 16.5. The van der Waals surface area contributed by atoms with Crippen LogP contribution in [0, 0.1) is 5.41 Å². The minimum Gasteiger partial charge on any atom is -0.492 e. The van der Waals surface area contributed by atoms with Crippen LogP contribution < -0.4 is 10.1 Å². The molecule has 1 aliphatic carbocycles. The fourth-order valence-electron chi connectivity index (χ4n) is 3.60. The SMILES string of the molecule is CC1(C(=O)Nc2ccc(OCCN3CCCC3)cc2)CCCC1. The van der Waals surface area contributed by atoms with Crippen molar-refractivity contribution < 1.29 is 9.53 Å². The number of anilines is 1. The van der Waals surface area contributed by atoms with Gasteiger partial charge in [-0.3, -0.25) is 9.69 Å². The number of carbonyl (C=O) groups excluding carboxylic acids is 1. The second kappa shape index (κ2) is 7.35. The summed E-state index contributed by atoms with van der Waals surface area (Å²) in [5.74, 6) is 1.02. The van der Waals surface area contributed by atoms with Crippen LogP contribution in [0.25, 0.3) is 0 Å². The van der Waals surface area contributed by atoms with Gasteiger partial charge >= 0.3 is 0 Å². The highest BCUT2D eigenvalue weighted by molar-refractivity contribution is 5.95. The van der Waals surface area contributed by atoms with Crippen LogP contribution >= 0.6 is 0 Å². The van der Waals surface area contributed by atoms with E-state index in [-0.39, 0.29) is 11.3 Å². The first-order chi connectivity index (χ1) is 11.2. The van der Waals surface area contributed by atoms with Gasteiger partial charge in [-0.2, -0.15) is 0 Å². The van der Waals surface area contributed by atoms with Crippen molar-refractivity contribution in [3.05, 3.63) is 24.3 Å². The third-order valence-electron chi connectivity index (χ3n) is 5.24. The van der Waals surface area contributed by atoms with E-state index in [1.807, 2.05) is 24.3 Å². The first kappa shape index (κ1) is 16.3. The zero-order valence-electron chi connectivity index (χ0n) is 14.1. The maximum absolute atomic E-state index is 12.4. The zero-order chi connectivity index (χ0) is 16.1. The fourth-order valence-corrected chi connectivity index (χ4v) is 3.60. The molecule has 1 aliphatic heterocycles. The lowest BCUT2D eigenvalue weighted by Gasteiger charge is -2.22. The van der Waals surface area contributed by atoms with Gasteiger partial charge in [0.2, 0.25) is 5.91 Å². The number of benzene rings is 1. The van der Waals surface area contributed by atoms with Crippen LogP contribution in [0.2, 0.25) is 0 Å². The molecule has 0 bridgehead atoms. The molecular formula is C19H28N2O2. The van der Waals surface area contributed by atoms with Gasteiger partial charge in [-0.25, -0.2) is 0 Å². The zero-order valence-corrected chi connectivity index (χ0v) is 14.1. The van der Waals surface area contributed by atoms with Gasteiger partial charge in [0.25, 0.3) is 0 Å². The molecule has 1 amide bonds. The highest BCUT2D eigenvalue weighted by Gasteiger charge is 2.36. The Morgan fingerprint density at radius 2 is 1.78 bits per heavy atom. The second-order valence-electron chi connectivity index (χ2n) is 7.14. The van der Waals surface area contributed by atoms with Crippen LogP contribution in [0.1, 0.15) is 45.4 Å². The van der Waals surface area contributed by atoms with E-state index >= 15 is 0 Å². The number of hydrogen-bond donors (Lipinski definition) is 1. The molecule has 0 unspecified atom stereocenters. The molecule has 2 aliphatic rings. The summed E-state index contributed by atoms with van der Waals surface area (Å²) in [6, 6.07) is 7.75. The minimum atomic E-state index is -0.190. The van der Waals surface area contributed by atoms with Crippen LogP contribution in [0.3, 0.4) is 0 Å². The van der Waals surface area contributed by atoms with Gasteiger partial charge in [0, 0.05) is 17.6 Å². The van der Waals surface area contributed by atoms with Gasteiger partial charge in [0.05, 0.1) is 0 Å². The molecule has 0 spiro atoms. The van der Waals surface area contributed by atoms with E-state index in [2.05, 4.69) is 17.1 Å². The van der Waals surface area contributed by atoms with E-state index in [1.165, 1.54) is 25.9 Å². The maximum atomic E-state index is 12.4. The second-order valence-corrected chi connectivity index (χ2v) is 7.14. The highest BCUT2D eigenvalue weighted by Crippen LogP contribution is 2.38. The Morgan fingerprint density at radius 1 is 1.13 bits per heavy atom. The molecule has 3 rings (SSSR count). The topological polar surface area (TPSA) is 41.6 Å². The van der Waals surface area contributed by atoms with Crippen LogP contribution in [-0.2, 0) is 4.79 Å². The lowest BCUT2D eigenvalue weighted by molar-refractivity contribution is -0.124. The van der Waals surface area contributed by atoms with E-state index in [0.717, 1.165) is 50.3 Å². The summed E-state index contributed by atoms with van der Waals surface area (Å²) in [5, 5.41) is 3.05. The number of carbonyl (C=O) groups is 1. The Labute approximate surface area is 139 Å². The summed E-state index contributed by atoms with van der Waals surface area (Å²) in [5.41, 5.74) is 0.667. The Balaban J connectivity index is 1.45. The van der Waals surface area contributed by atoms with Crippen LogP contribution in [0.15, 0.2) is 24.3 Å². The monoisotopic (exact) mass is 316 g/mol. The van der Waals surface area contributed by atoms with E-state index in [4.69, 9.17) is 4.74 Å². The van der Waals surface area contributed by atoms with Crippen molar-refractivity contribution >= 4 is 11.6 Å². The Bertz CT molecular complexity index is 515. The molecule has 1 aromatic rings. The van der Waals surface area contributed by atoms with Gasteiger partial charge in [-0.1, -0.05) is 19.8 Å². The number of hydrogen-bond acceptors (Lipinski definition) is 3. The van der Waals surface area contributed by atoms with E-state index in [1.54, 1.807) is 0 Å². The van der Waals surface area contributed by atoms with Gasteiger partial charge in [-0.05, 0) is 63.0 Å². The molecule has 1 N–H and O–H groups in total. The maximum Gasteiger partial charge on any atom is 0.230 e. The molecule has 4 heteroatoms. The van der Waals surface area contributed by atoms with Crippen molar-refractivity contribution in [3.63, 3.8) is 0 Å². The average molecular weight is 316 g/mol. The van der Waals surface area contributed by atoms with Crippen LogP contribution in [-0.4, -0.2) is 37.0 Å². The molecule has 23 heavy (non-hydrogen) atoms. The Morgan fingerprint density at radius 3 is 2.43 bits per heavy atom. The van der Waals surface area contributed by atoms with E-state index in [0.29, 0.717) is 0 Å². The first-order valence-corrected chi connectivity index (χ1v) is 8.92. The number of rotatable bonds is 6. The Kier molecular flexibility index (Phi) is 5.21. The molecule has 2 fully saturated rings. The molecular weight excluding hydrogens is 288 g/mol. The van der Waals surface area contributed by atoms with Crippen molar-refractivity contribution in [2.24, 2.45) is 5.41 Å². The lowest BCUT2D eigenvalue weighted by atomic mass is 9.88. The van der Waals surface area contributed by atoms with Gasteiger partial charge < -0.3 is 10.1 Å². The number of likely N-dealkylation sites (tertiary alicyclic amines) is 1. The third-order valence-corrected chi connectivity index (χ3v) is 5.24. The standard InChI is InChI=1S/C19H28N2O2/c1-19(10-2-3-11-19)18(22)20-16-6-8-17(9-7-16)23-15-14-21-12-4-5-13-21/h6-9H,2-5,10-15H2,1H3,(H,20,22). The predicted molar refractivity (Wildman–Crippen MR) is 92.8 cm³/mol. The molecule has 4 nitrogen and oxygen atoms in total. The number of ether oxygens (including phenoxy) is 1. The summed E-state index contributed by atoms with van der Waals surface area (Å²) in [6.45, 7) is 6.20. The number of nitrogens with one attached hydrogen (secondary N) is 1. The fraction of sp³-hybridized carbons (Fsp3) is 0.632. The van der Waals surface area contributed by atoms with E-state index < -0.39 is 0 Å². The molecule has 0 atom stereocenters. The minimum absolute atomic E-state index is 0.151. The van der Waals surface area contributed by atoms with Crippen molar-refractivity contribution in [2.75, 3.05) is 31.6 Å². The van der Waals surface area contributed by atoms with Crippen LogP contribution in [0.4, 0.5) is 5.69 Å². The van der Waals surface area contributed by atoms with Gasteiger partial charge in [0.1, 0.15) is 12.4 Å². The first-order valence-electron chi connectivity index (χ1n) is 8.92. The number of nitrogens with zero attached hydrogens (tertiary/aromatic N) is 1. The third kappa shape index (κ3) is 4.25. The molecule has 1 saturated carbocycles. The summed E-state index contributed by atoms with van der Waals surface area (Å²) in [4.78, 5) is 14.8. The van der Waals surface area contributed by atoms with Crippen molar-refractivity contribution in [1.82, 2.24) is 4.90 Å². The predicted octanol–water partition coefficient (Wildman–Crippen LogP) is 3.68. The van der Waals surface area contributed by atoms with E-state index in [9.17, 15) is 4.79 Å². The molecule has 126 valence electrons. The largest absolute Gasteiger partial charge is 0.492 e. The summed E-state index contributed by atoms with van der Waals surface area (Å²) in [6.07, 6.45) is 6.94. The molecule has 1 saturated heterocycles.